The number of likely N-dealkylation sites (tertiary alicyclic amines) is 1. The molecule has 31 heavy (non-hydrogen) atoms. The largest absolute Gasteiger partial charge is 0.343 e. The Kier molecular flexibility index (Phi) is 5.57. The highest BCUT2D eigenvalue weighted by molar-refractivity contribution is 7.10. The molecule has 9 heteroatoms. The third kappa shape index (κ3) is 4.41. The zero-order chi connectivity index (χ0) is 21.0. The number of hydrogen-bond acceptors (Lipinski definition) is 7. The van der Waals surface area contributed by atoms with Gasteiger partial charge in [0.1, 0.15) is 5.52 Å². The van der Waals surface area contributed by atoms with Crippen LogP contribution in [0.2, 0.25) is 0 Å². The summed E-state index contributed by atoms with van der Waals surface area (Å²) in [6.07, 6.45) is 7.60. The Morgan fingerprint density at radius 1 is 1.16 bits per heavy atom. The van der Waals surface area contributed by atoms with Gasteiger partial charge in [-0.05, 0) is 55.0 Å². The summed E-state index contributed by atoms with van der Waals surface area (Å²) in [5, 5.41) is 14.6. The van der Waals surface area contributed by atoms with Crippen LogP contribution in [-0.2, 0) is 11.3 Å². The number of carbonyl (C=O) groups is 1. The van der Waals surface area contributed by atoms with Gasteiger partial charge >= 0.3 is 0 Å². The summed E-state index contributed by atoms with van der Waals surface area (Å²) in [7, 11) is 0. The summed E-state index contributed by atoms with van der Waals surface area (Å²) in [4.78, 5) is 20.0. The van der Waals surface area contributed by atoms with E-state index in [1.54, 1.807) is 22.1 Å². The van der Waals surface area contributed by atoms with Crippen molar-refractivity contribution in [2.24, 2.45) is 0 Å². The summed E-state index contributed by atoms with van der Waals surface area (Å²) in [6.45, 7) is 2.26. The van der Waals surface area contributed by atoms with E-state index in [1.165, 1.54) is 6.42 Å². The van der Waals surface area contributed by atoms with E-state index in [2.05, 4.69) is 20.5 Å². The van der Waals surface area contributed by atoms with Crippen molar-refractivity contribution < 1.29 is 9.32 Å². The van der Waals surface area contributed by atoms with Gasteiger partial charge in [0.2, 0.25) is 11.7 Å². The van der Waals surface area contributed by atoms with E-state index in [1.807, 2.05) is 46.7 Å². The van der Waals surface area contributed by atoms with Gasteiger partial charge in [0.05, 0.1) is 12.1 Å². The molecule has 1 amide bonds. The first-order valence-corrected chi connectivity index (χ1v) is 11.3. The average Bonchev–Trinajstić information content (AvgIpc) is 3.57. The predicted molar refractivity (Wildman–Crippen MR) is 119 cm³/mol. The van der Waals surface area contributed by atoms with Crippen LogP contribution in [0.1, 0.15) is 36.5 Å². The second-order valence-electron chi connectivity index (χ2n) is 7.51. The van der Waals surface area contributed by atoms with Crippen LogP contribution >= 0.6 is 11.3 Å². The first kappa shape index (κ1) is 19.6. The van der Waals surface area contributed by atoms with Crippen LogP contribution in [0.5, 0.6) is 0 Å². The van der Waals surface area contributed by atoms with Crippen molar-refractivity contribution in [2.45, 2.75) is 32.2 Å². The molecule has 0 saturated carbocycles. The third-order valence-electron chi connectivity index (χ3n) is 5.39. The Morgan fingerprint density at radius 3 is 2.90 bits per heavy atom. The fraction of sp³-hybridized carbons (Fsp3) is 0.318. The fourth-order valence-corrected chi connectivity index (χ4v) is 4.36. The molecule has 4 aromatic rings. The molecule has 0 N–H and O–H groups in total. The maximum atomic E-state index is 12.4. The number of thiophene rings is 1. The molecule has 1 aliphatic rings. The molecule has 0 spiro atoms. The van der Waals surface area contributed by atoms with E-state index in [9.17, 15) is 4.79 Å². The molecule has 0 unspecified atom stereocenters. The third-order valence-corrected chi connectivity index (χ3v) is 6.23. The van der Waals surface area contributed by atoms with Crippen molar-refractivity contribution in [3.05, 3.63) is 46.5 Å². The molecule has 0 atom stereocenters. The van der Waals surface area contributed by atoms with Gasteiger partial charge in [-0.25, -0.2) is 4.68 Å². The predicted octanol–water partition coefficient (Wildman–Crippen LogP) is 4.12. The van der Waals surface area contributed by atoms with E-state index in [0.29, 0.717) is 24.7 Å². The Morgan fingerprint density at radius 2 is 2.06 bits per heavy atom. The zero-order valence-electron chi connectivity index (χ0n) is 17.0. The zero-order valence-corrected chi connectivity index (χ0v) is 17.8. The quantitative estimate of drug-likeness (QED) is 0.454. The maximum Gasteiger partial charge on any atom is 0.250 e. The lowest BCUT2D eigenvalue weighted by Crippen LogP contribution is -2.36. The van der Waals surface area contributed by atoms with E-state index in [0.717, 1.165) is 47.4 Å². The van der Waals surface area contributed by atoms with E-state index >= 15 is 0 Å². The summed E-state index contributed by atoms with van der Waals surface area (Å²) in [6, 6.07) is 9.77. The number of nitrogens with zero attached hydrogens (tertiary/aromatic N) is 6. The standard InChI is InChI=1S/C22H22N6O2S/c29-21(27-11-2-1-3-12-27)10-13-28-19-8-6-16(15-18(19)24-26-28)22-23-20(30-25-22)9-7-17-5-4-14-31-17/h4-9,14-15H,1-3,10-13H2/b9-7+. The van der Waals surface area contributed by atoms with Crippen molar-refractivity contribution >= 4 is 40.4 Å². The number of carbonyl (C=O) groups excluding carboxylic acids is 1. The highest BCUT2D eigenvalue weighted by atomic mass is 32.1. The van der Waals surface area contributed by atoms with Gasteiger partial charge in [-0.1, -0.05) is 16.4 Å². The molecule has 1 fully saturated rings. The normalized spacial score (nSPS) is 14.6. The minimum atomic E-state index is 0.190. The fourth-order valence-electron chi connectivity index (χ4n) is 3.74. The lowest BCUT2D eigenvalue weighted by molar-refractivity contribution is -0.132. The Labute approximate surface area is 183 Å². The topological polar surface area (TPSA) is 89.9 Å². The molecule has 1 aliphatic heterocycles. The SMILES string of the molecule is O=C(CCn1nnc2cc(-c3noc(/C=C/c4cccs4)n3)ccc21)N1CCCCC1. The van der Waals surface area contributed by atoms with Crippen molar-refractivity contribution in [3.8, 4) is 11.4 Å². The van der Waals surface area contributed by atoms with E-state index in [-0.39, 0.29) is 5.91 Å². The summed E-state index contributed by atoms with van der Waals surface area (Å²) in [5.41, 5.74) is 2.43. The van der Waals surface area contributed by atoms with Crippen molar-refractivity contribution in [3.63, 3.8) is 0 Å². The van der Waals surface area contributed by atoms with Crippen LogP contribution in [0, 0.1) is 0 Å². The number of amides is 1. The molecule has 1 saturated heterocycles. The van der Waals surface area contributed by atoms with Gasteiger partial charge in [-0.3, -0.25) is 4.79 Å². The van der Waals surface area contributed by atoms with Crippen LogP contribution in [0.4, 0.5) is 0 Å². The average molecular weight is 435 g/mol. The number of aromatic nitrogens is 5. The van der Waals surface area contributed by atoms with E-state index < -0.39 is 0 Å². The second-order valence-corrected chi connectivity index (χ2v) is 8.49. The van der Waals surface area contributed by atoms with Crippen LogP contribution in [0.3, 0.4) is 0 Å². The Bertz CT molecular complexity index is 1200. The first-order valence-electron chi connectivity index (χ1n) is 10.4. The lowest BCUT2D eigenvalue weighted by atomic mass is 10.1. The second kappa shape index (κ2) is 8.81. The van der Waals surface area contributed by atoms with Crippen LogP contribution in [0.25, 0.3) is 34.6 Å². The number of benzene rings is 1. The van der Waals surface area contributed by atoms with Crippen LogP contribution < -0.4 is 0 Å². The Hall–Kier alpha value is -3.33. The molecule has 3 aromatic heterocycles. The number of aryl methyl sites for hydroxylation is 1. The molecular formula is C22H22N6O2S. The smallest absolute Gasteiger partial charge is 0.250 e. The number of fused-ring (bicyclic) bond motifs is 1. The van der Waals surface area contributed by atoms with Gasteiger partial charge in [0, 0.05) is 36.0 Å². The minimum absolute atomic E-state index is 0.190. The first-order chi connectivity index (χ1) is 15.3. The summed E-state index contributed by atoms with van der Waals surface area (Å²) < 4.78 is 7.11. The highest BCUT2D eigenvalue weighted by Gasteiger charge is 2.17. The summed E-state index contributed by atoms with van der Waals surface area (Å²) >= 11 is 1.64. The number of piperidine rings is 1. The molecule has 0 radical (unpaired) electrons. The number of hydrogen-bond donors (Lipinski definition) is 0. The monoisotopic (exact) mass is 434 g/mol. The molecule has 8 nitrogen and oxygen atoms in total. The Balaban J connectivity index is 1.27. The minimum Gasteiger partial charge on any atom is -0.343 e. The molecule has 4 heterocycles. The molecule has 0 aliphatic carbocycles. The van der Waals surface area contributed by atoms with Crippen molar-refractivity contribution in [1.82, 2.24) is 30.0 Å². The van der Waals surface area contributed by atoms with Crippen LogP contribution in [-0.4, -0.2) is 49.0 Å². The van der Waals surface area contributed by atoms with Crippen molar-refractivity contribution in [2.75, 3.05) is 13.1 Å². The van der Waals surface area contributed by atoms with E-state index in [4.69, 9.17) is 4.52 Å². The number of rotatable bonds is 6. The summed E-state index contributed by atoms with van der Waals surface area (Å²) in [5.74, 6) is 1.14. The van der Waals surface area contributed by atoms with Gasteiger partial charge in [-0.15, -0.1) is 16.4 Å². The molecular weight excluding hydrogens is 412 g/mol. The lowest BCUT2D eigenvalue weighted by Gasteiger charge is -2.26. The molecule has 0 bridgehead atoms. The van der Waals surface area contributed by atoms with Gasteiger partial charge in [-0.2, -0.15) is 4.98 Å². The molecule has 5 rings (SSSR count). The molecule has 158 valence electrons. The van der Waals surface area contributed by atoms with Crippen LogP contribution in [0.15, 0.2) is 40.2 Å². The highest BCUT2D eigenvalue weighted by Crippen LogP contribution is 2.22. The van der Waals surface area contributed by atoms with Gasteiger partial charge in [0.15, 0.2) is 0 Å². The van der Waals surface area contributed by atoms with Crippen molar-refractivity contribution in [1.29, 1.82) is 0 Å². The van der Waals surface area contributed by atoms with Gasteiger partial charge < -0.3 is 9.42 Å². The van der Waals surface area contributed by atoms with Gasteiger partial charge in [0.25, 0.3) is 5.89 Å². The maximum absolute atomic E-state index is 12.4. The molecule has 1 aromatic carbocycles.